The van der Waals surface area contributed by atoms with Gasteiger partial charge in [-0.3, -0.25) is 24.6 Å². The molecule has 1 saturated heterocycles. The van der Waals surface area contributed by atoms with Gasteiger partial charge in [-0.2, -0.15) is 5.10 Å². The minimum Gasteiger partial charge on any atom is -0.481 e. The summed E-state index contributed by atoms with van der Waals surface area (Å²) >= 11 is 0. The Kier molecular flexibility index (Phi) is 8.20. The van der Waals surface area contributed by atoms with Crippen LogP contribution in [0.2, 0.25) is 0 Å². The van der Waals surface area contributed by atoms with Crippen LogP contribution in [0.5, 0.6) is 0 Å². The van der Waals surface area contributed by atoms with Crippen molar-refractivity contribution in [2.24, 2.45) is 11.7 Å². The van der Waals surface area contributed by atoms with Gasteiger partial charge in [-0.05, 0) is 31.7 Å². The van der Waals surface area contributed by atoms with E-state index in [1.165, 1.54) is 11.0 Å². The number of carboxylic acid groups (broad SMARTS) is 1. The number of benzene rings is 1. The first kappa shape index (κ1) is 27.0. The van der Waals surface area contributed by atoms with Crippen LogP contribution in [0.1, 0.15) is 41.6 Å². The molecule has 1 aromatic carbocycles. The van der Waals surface area contributed by atoms with Gasteiger partial charge in [0, 0.05) is 37.3 Å². The van der Waals surface area contributed by atoms with Crippen molar-refractivity contribution in [1.82, 2.24) is 19.6 Å². The molecule has 202 valence electrons. The summed E-state index contributed by atoms with van der Waals surface area (Å²) in [5.41, 5.74) is 6.17. The Bertz CT molecular complexity index is 1280. The maximum absolute atomic E-state index is 13.6. The van der Waals surface area contributed by atoms with Gasteiger partial charge < -0.3 is 25.4 Å². The van der Waals surface area contributed by atoms with Crippen molar-refractivity contribution in [2.75, 3.05) is 33.4 Å². The zero-order valence-electron chi connectivity index (χ0n) is 21.3. The zero-order valence-corrected chi connectivity index (χ0v) is 21.3. The highest BCUT2D eigenvalue weighted by atomic mass is 16.5. The average Bonchev–Trinajstić information content (AvgIpc) is 2.93. The summed E-state index contributed by atoms with van der Waals surface area (Å²) in [6, 6.07) is 7.87. The Hall–Kier alpha value is -4.06. The van der Waals surface area contributed by atoms with Crippen LogP contribution in [0.15, 0.2) is 35.1 Å². The van der Waals surface area contributed by atoms with Gasteiger partial charge in [0.05, 0.1) is 24.8 Å². The molecule has 0 radical (unpaired) electrons. The molecule has 12 heteroatoms. The number of aliphatic carboxylic acids is 1. The van der Waals surface area contributed by atoms with Crippen molar-refractivity contribution >= 4 is 23.6 Å². The highest BCUT2D eigenvalue weighted by Crippen LogP contribution is 2.28. The molecule has 1 saturated carbocycles. The zero-order chi connectivity index (χ0) is 27.4. The molecule has 38 heavy (non-hydrogen) atoms. The van der Waals surface area contributed by atoms with Crippen LogP contribution in [0.4, 0.5) is 0 Å². The number of ether oxygens (including phenoxy) is 1. The first-order chi connectivity index (χ1) is 18.2. The molecule has 0 atom stereocenters. The minimum atomic E-state index is -0.834. The largest absolute Gasteiger partial charge is 0.481 e. The number of nitrogens with zero attached hydrogens (tertiary/aromatic N) is 4. The molecule has 1 aliphatic heterocycles. The van der Waals surface area contributed by atoms with Crippen LogP contribution in [0.25, 0.3) is 11.3 Å². The van der Waals surface area contributed by atoms with Gasteiger partial charge in [0.1, 0.15) is 17.9 Å². The summed E-state index contributed by atoms with van der Waals surface area (Å²) in [6.45, 7) is 1.32. The molecule has 2 amide bonds. The normalized spacial score (nSPS) is 19.6. The smallest absolute Gasteiger partial charge is 0.306 e. The fraction of sp³-hybridized carbons (Fsp3) is 0.462. The van der Waals surface area contributed by atoms with Crippen molar-refractivity contribution in [2.45, 2.75) is 38.3 Å². The van der Waals surface area contributed by atoms with E-state index in [1.807, 2.05) is 0 Å². The summed E-state index contributed by atoms with van der Waals surface area (Å²) in [7, 11) is 1.61. The maximum atomic E-state index is 13.6. The number of rotatable bonds is 7. The lowest BCUT2D eigenvalue weighted by Crippen LogP contribution is -2.45. The molecule has 1 aromatic heterocycles. The number of hydrogen-bond acceptors (Lipinski definition) is 7. The molecule has 0 unspecified atom stereocenters. The van der Waals surface area contributed by atoms with Gasteiger partial charge in [0.2, 0.25) is 5.91 Å². The van der Waals surface area contributed by atoms with Crippen molar-refractivity contribution in [3.63, 3.8) is 0 Å². The van der Waals surface area contributed by atoms with Crippen LogP contribution in [-0.4, -0.2) is 87.7 Å². The fourth-order valence-electron chi connectivity index (χ4n) is 4.87. The quantitative estimate of drug-likeness (QED) is 0.352. The molecular formula is C26H32N6O6. The maximum Gasteiger partial charge on any atom is 0.306 e. The Balaban J connectivity index is 1.66. The molecule has 1 aliphatic carbocycles. The lowest BCUT2D eigenvalue weighted by atomic mass is 9.85. The Morgan fingerprint density at radius 2 is 1.76 bits per heavy atom. The summed E-state index contributed by atoms with van der Waals surface area (Å²) in [5, 5.41) is 21.3. The Labute approximate surface area is 219 Å². The predicted molar refractivity (Wildman–Crippen MR) is 138 cm³/mol. The first-order valence-corrected chi connectivity index (χ1v) is 12.6. The number of morpholine rings is 1. The second-order valence-electron chi connectivity index (χ2n) is 9.65. The molecule has 2 aliphatic rings. The number of carbonyl (C=O) groups is 3. The second-order valence-corrected chi connectivity index (χ2v) is 9.65. The second kappa shape index (κ2) is 11.5. The van der Waals surface area contributed by atoms with Crippen LogP contribution < -0.4 is 11.3 Å². The highest BCUT2D eigenvalue weighted by Gasteiger charge is 2.31. The summed E-state index contributed by atoms with van der Waals surface area (Å²) < 4.78 is 6.32. The SMILES string of the molecule is CN(C(=O)c1cc(-c2ccc(C(=N)N)cc2)nn(CC(=O)N2CCOCC2)c1=O)C1CCC(C(=O)O)CC1. The number of nitrogen functional groups attached to an aromatic ring is 1. The third-order valence-corrected chi connectivity index (χ3v) is 7.26. The van der Waals surface area contributed by atoms with Crippen molar-refractivity contribution < 1.29 is 24.2 Å². The number of carboxylic acids is 1. The molecule has 0 bridgehead atoms. The number of nitrogens with one attached hydrogen (secondary N) is 1. The van der Waals surface area contributed by atoms with E-state index in [2.05, 4.69) is 5.10 Å². The third-order valence-electron chi connectivity index (χ3n) is 7.26. The van der Waals surface area contributed by atoms with E-state index in [9.17, 15) is 24.3 Å². The number of carbonyl (C=O) groups excluding carboxylic acids is 2. The van der Waals surface area contributed by atoms with Gasteiger partial charge in [-0.25, -0.2) is 4.68 Å². The summed E-state index contributed by atoms with van der Waals surface area (Å²) in [6.07, 6.45) is 1.96. The topological polar surface area (TPSA) is 172 Å². The number of amides is 2. The van der Waals surface area contributed by atoms with Gasteiger partial charge in [0.25, 0.3) is 11.5 Å². The predicted octanol–water partition coefficient (Wildman–Crippen LogP) is 0.769. The van der Waals surface area contributed by atoms with Crippen LogP contribution in [-0.2, 0) is 20.9 Å². The highest BCUT2D eigenvalue weighted by molar-refractivity contribution is 5.96. The fourth-order valence-corrected chi connectivity index (χ4v) is 4.87. The molecule has 12 nitrogen and oxygen atoms in total. The van der Waals surface area contributed by atoms with E-state index in [0.717, 1.165) is 4.68 Å². The van der Waals surface area contributed by atoms with Crippen molar-refractivity contribution in [1.29, 1.82) is 5.41 Å². The number of aromatic nitrogens is 2. The third kappa shape index (κ3) is 5.91. The number of nitrogens with two attached hydrogens (primary N) is 1. The average molecular weight is 525 g/mol. The molecule has 2 fully saturated rings. The van der Waals surface area contributed by atoms with Crippen LogP contribution >= 0.6 is 0 Å². The molecule has 2 heterocycles. The van der Waals surface area contributed by atoms with E-state index in [-0.39, 0.29) is 29.9 Å². The number of hydrogen-bond donors (Lipinski definition) is 3. The minimum absolute atomic E-state index is 0.0966. The van der Waals surface area contributed by atoms with E-state index in [1.54, 1.807) is 36.2 Å². The molecule has 4 rings (SSSR count). The van der Waals surface area contributed by atoms with Crippen molar-refractivity contribution in [3.8, 4) is 11.3 Å². The van der Waals surface area contributed by atoms with Crippen LogP contribution in [0.3, 0.4) is 0 Å². The van der Waals surface area contributed by atoms with Crippen molar-refractivity contribution in [3.05, 3.63) is 51.8 Å². The van der Waals surface area contributed by atoms with E-state index in [4.69, 9.17) is 15.9 Å². The van der Waals surface area contributed by atoms with Gasteiger partial charge in [-0.1, -0.05) is 24.3 Å². The first-order valence-electron chi connectivity index (χ1n) is 12.6. The summed E-state index contributed by atoms with van der Waals surface area (Å²) in [5.74, 6) is -2.17. The van der Waals surface area contributed by atoms with Gasteiger partial charge in [0.15, 0.2) is 0 Å². The standard InChI is InChI=1S/C26H32N6O6/c1-30(19-8-6-18(7-9-19)26(36)37)24(34)20-14-21(16-2-4-17(5-3-16)23(27)28)29-32(25(20)35)15-22(33)31-10-12-38-13-11-31/h2-5,14,18-19H,6-13,15H2,1H3,(H3,27,28)(H,36,37). The molecule has 4 N–H and O–H groups in total. The molecule has 2 aromatic rings. The molecule has 0 spiro atoms. The monoisotopic (exact) mass is 524 g/mol. The Morgan fingerprint density at radius 1 is 1.13 bits per heavy atom. The molecular weight excluding hydrogens is 492 g/mol. The van der Waals surface area contributed by atoms with E-state index < -0.39 is 23.4 Å². The lowest BCUT2D eigenvalue weighted by Gasteiger charge is -2.33. The van der Waals surface area contributed by atoms with Crippen LogP contribution in [0, 0.1) is 11.3 Å². The van der Waals surface area contributed by atoms with Gasteiger partial charge in [-0.15, -0.1) is 0 Å². The number of amidine groups is 1. The van der Waals surface area contributed by atoms with E-state index >= 15 is 0 Å². The summed E-state index contributed by atoms with van der Waals surface area (Å²) in [4.78, 5) is 54.3. The van der Waals surface area contributed by atoms with Gasteiger partial charge >= 0.3 is 5.97 Å². The Morgan fingerprint density at radius 3 is 2.34 bits per heavy atom. The lowest BCUT2D eigenvalue weighted by molar-refractivity contribution is -0.143. The van der Waals surface area contributed by atoms with E-state index in [0.29, 0.717) is 68.8 Å².